The number of ether oxygens (including phenoxy) is 1. The van der Waals surface area contributed by atoms with E-state index in [9.17, 15) is 40.8 Å². The average Bonchev–Trinajstić information content (AvgIpc) is 2.99. The van der Waals surface area contributed by atoms with Crippen LogP contribution in [0.4, 0.5) is 5.69 Å². The molecule has 170 valence electrons. The molecular weight excluding hydrogens is 422 g/mol. The topological polar surface area (TPSA) is 194 Å². The van der Waals surface area contributed by atoms with Crippen LogP contribution in [0.25, 0.3) is 0 Å². The van der Waals surface area contributed by atoms with E-state index in [2.05, 4.69) is 0 Å². The molecule has 1 aliphatic heterocycles. The lowest BCUT2D eigenvalue weighted by molar-refractivity contribution is -0.386. The lowest BCUT2D eigenvalue weighted by Crippen LogP contribution is -2.50. The molecule has 1 aromatic rings. The Morgan fingerprint density at radius 1 is 1.17 bits per heavy atom. The standard InChI is InChI=1S/C18H28NO10S/c20-5-12(22)17(26)18(29-7-10-3-1-2-4-11(10)19(27)28)14(24)9-30-8-13(23)16(25)15(30)6-21/h1-4,12-18,20-26H,5-9H2/q+1/t12-,13+,14+,15+,16-,17+,18-,30?/m0/s1. The van der Waals surface area contributed by atoms with Crippen molar-refractivity contribution in [3.8, 4) is 0 Å². The fourth-order valence-electron chi connectivity index (χ4n) is 3.37. The summed E-state index contributed by atoms with van der Waals surface area (Å²) >= 11 is 0. The van der Waals surface area contributed by atoms with E-state index in [1.807, 2.05) is 0 Å². The molecule has 12 heteroatoms. The Labute approximate surface area is 175 Å². The van der Waals surface area contributed by atoms with Gasteiger partial charge in [-0.1, -0.05) is 12.1 Å². The van der Waals surface area contributed by atoms with Crippen molar-refractivity contribution < 1.29 is 45.4 Å². The molecule has 1 fully saturated rings. The number of hydrogen-bond acceptors (Lipinski definition) is 10. The molecule has 0 bridgehead atoms. The molecule has 8 atom stereocenters. The van der Waals surface area contributed by atoms with Crippen LogP contribution in [0.15, 0.2) is 24.3 Å². The van der Waals surface area contributed by atoms with E-state index in [1.54, 1.807) is 6.07 Å². The SMILES string of the molecule is O=[N+]([O-])c1ccccc1CO[C@H]([C@H](O)[C@@H](O)CO)[C@H](O)C[S+]1C[C@@H](O)[C@H](O)[C@H]1CO. The van der Waals surface area contributed by atoms with E-state index in [1.165, 1.54) is 18.2 Å². The van der Waals surface area contributed by atoms with Crippen molar-refractivity contribution in [3.63, 3.8) is 0 Å². The Bertz CT molecular complexity index is 695. The summed E-state index contributed by atoms with van der Waals surface area (Å²) in [6, 6.07) is 5.76. The first-order valence-corrected chi connectivity index (χ1v) is 11.0. The quantitative estimate of drug-likeness (QED) is 0.106. The molecule has 11 nitrogen and oxygen atoms in total. The van der Waals surface area contributed by atoms with Crippen LogP contribution in [-0.4, -0.2) is 107 Å². The number of rotatable bonds is 11. The molecule has 1 saturated heterocycles. The van der Waals surface area contributed by atoms with Gasteiger partial charge < -0.3 is 40.5 Å². The van der Waals surface area contributed by atoms with E-state index in [0.29, 0.717) is 0 Å². The van der Waals surface area contributed by atoms with Crippen molar-refractivity contribution in [2.45, 2.75) is 48.5 Å². The molecule has 0 amide bonds. The highest BCUT2D eigenvalue weighted by Crippen LogP contribution is 2.27. The molecule has 7 N–H and O–H groups in total. The minimum Gasteiger partial charge on any atom is -0.394 e. The zero-order valence-corrected chi connectivity index (χ0v) is 16.9. The highest BCUT2D eigenvalue weighted by molar-refractivity contribution is 7.97. The molecule has 1 aliphatic rings. The second kappa shape index (κ2) is 11.3. The Morgan fingerprint density at radius 3 is 2.43 bits per heavy atom. The second-order valence-electron chi connectivity index (χ2n) is 7.12. The van der Waals surface area contributed by atoms with Crippen LogP contribution in [0, 0.1) is 10.1 Å². The van der Waals surface area contributed by atoms with Gasteiger partial charge in [0.2, 0.25) is 0 Å². The predicted molar refractivity (Wildman–Crippen MR) is 107 cm³/mol. The van der Waals surface area contributed by atoms with Gasteiger partial charge in [0.15, 0.2) is 5.25 Å². The fourth-order valence-corrected chi connectivity index (χ4v) is 6.05. The van der Waals surface area contributed by atoms with Gasteiger partial charge in [0.1, 0.15) is 48.1 Å². The van der Waals surface area contributed by atoms with Crippen molar-refractivity contribution in [1.29, 1.82) is 0 Å². The summed E-state index contributed by atoms with van der Waals surface area (Å²) in [7, 11) is -0.811. The smallest absolute Gasteiger partial charge is 0.274 e. The number of benzene rings is 1. The summed E-state index contributed by atoms with van der Waals surface area (Å²) in [5, 5.41) is 79.7. The van der Waals surface area contributed by atoms with E-state index in [4.69, 9.17) is 9.84 Å². The first kappa shape index (κ1) is 24.9. The van der Waals surface area contributed by atoms with Crippen molar-refractivity contribution in [2.75, 3.05) is 24.7 Å². The monoisotopic (exact) mass is 450 g/mol. The summed E-state index contributed by atoms with van der Waals surface area (Å²) in [6.07, 6.45) is -8.37. The average molecular weight is 450 g/mol. The minimum absolute atomic E-state index is 0.0594. The van der Waals surface area contributed by atoms with Gasteiger partial charge in [-0.2, -0.15) is 0 Å². The molecular formula is C18H28NO10S+. The molecule has 0 radical (unpaired) electrons. The van der Waals surface area contributed by atoms with Crippen molar-refractivity contribution >= 4 is 16.6 Å². The Balaban J connectivity index is 2.16. The van der Waals surface area contributed by atoms with Gasteiger partial charge >= 0.3 is 0 Å². The Kier molecular flexibility index (Phi) is 9.40. The van der Waals surface area contributed by atoms with Crippen LogP contribution in [0.5, 0.6) is 0 Å². The van der Waals surface area contributed by atoms with Crippen LogP contribution in [0.1, 0.15) is 5.56 Å². The Hall–Kier alpha value is -1.35. The zero-order chi connectivity index (χ0) is 22.4. The van der Waals surface area contributed by atoms with Crippen LogP contribution < -0.4 is 0 Å². The molecule has 1 aromatic carbocycles. The summed E-state index contributed by atoms with van der Waals surface area (Å²) in [6.45, 7) is -1.56. The number of para-hydroxylation sites is 1. The molecule has 1 heterocycles. The predicted octanol–water partition coefficient (Wildman–Crippen LogP) is -2.73. The summed E-state index contributed by atoms with van der Waals surface area (Å²) in [5.41, 5.74) is -0.0278. The lowest BCUT2D eigenvalue weighted by Gasteiger charge is -2.29. The normalized spacial score (nSPS) is 28.1. The third-order valence-electron chi connectivity index (χ3n) is 5.07. The number of aliphatic hydroxyl groups is 7. The number of nitro benzene ring substituents is 1. The van der Waals surface area contributed by atoms with E-state index in [-0.39, 0.29) is 29.4 Å². The van der Waals surface area contributed by atoms with Gasteiger partial charge in [0.05, 0.1) is 30.3 Å². The van der Waals surface area contributed by atoms with Crippen LogP contribution in [0.3, 0.4) is 0 Å². The molecule has 0 aromatic heterocycles. The minimum atomic E-state index is -1.71. The maximum atomic E-state index is 11.2. The zero-order valence-electron chi connectivity index (χ0n) is 16.1. The second-order valence-corrected chi connectivity index (χ2v) is 9.47. The van der Waals surface area contributed by atoms with Gasteiger partial charge in [0, 0.05) is 17.0 Å². The molecule has 0 spiro atoms. The van der Waals surface area contributed by atoms with Crippen molar-refractivity contribution in [2.24, 2.45) is 0 Å². The molecule has 1 unspecified atom stereocenters. The van der Waals surface area contributed by atoms with E-state index in [0.717, 1.165) is 0 Å². The van der Waals surface area contributed by atoms with Gasteiger partial charge in [-0.25, -0.2) is 0 Å². The van der Waals surface area contributed by atoms with Gasteiger partial charge in [0.25, 0.3) is 5.69 Å². The number of hydrogen-bond donors (Lipinski definition) is 7. The number of nitrogens with zero attached hydrogens (tertiary/aromatic N) is 1. The third-order valence-corrected chi connectivity index (χ3v) is 7.89. The largest absolute Gasteiger partial charge is 0.394 e. The highest BCUT2D eigenvalue weighted by atomic mass is 32.2. The van der Waals surface area contributed by atoms with E-state index < -0.39 is 70.9 Å². The first-order valence-electron chi connectivity index (χ1n) is 9.33. The fraction of sp³-hybridized carbons (Fsp3) is 0.667. The maximum Gasteiger partial charge on any atom is 0.274 e. The highest BCUT2D eigenvalue weighted by Gasteiger charge is 2.51. The first-order chi connectivity index (χ1) is 14.2. The summed E-state index contributed by atoms with van der Waals surface area (Å²) in [4.78, 5) is 10.6. The molecule has 0 aliphatic carbocycles. The third kappa shape index (κ3) is 5.87. The lowest BCUT2D eigenvalue weighted by atomic mass is 10.0. The number of aliphatic hydroxyl groups excluding tert-OH is 7. The summed E-state index contributed by atoms with van der Waals surface area (Å²) < 4.78 is 5.54. The van der Waals surface area contributed by atoms with Crippen molar-refractivity contribution in [3.05, 3.63) is 39.9 Å². The van der Waals surface area contributed by atoms with Crippen LogP contribution >= 0.6 is 0 Å². The molecule has 2 rings (SSSR count). The van der Waals surface area contributed by atoms with Crippen LogP contribution in [0.2, 0.25) is 0 Å². The van der Waals surface area contributed by atoms with Crippen molar-refractivity contribution in [1.82, 2.24) is 0 Å². The maximum absolute atomic E-state index is 11.2. The van der Waals surface area contributed by atoms with E-state index >= 15 is 0 Å². The molecule has 30 heavy (non-hydrogen) atoms. The van der Waals surface area contributed by atoms with Gasteiger partial charge in [-0.15, -0.1) is 0 Å². The van der Waals surface area contributed by atoms with Gasteiger partial charge in [-0.3, -0.25) is 10.1 Å². The Morgan fingerprint density at radius 2 is 1.83 bits per heavy atom. The summed E-state index contributed by atoms with van der Waals surface area (Å²) in [5.74, 6) is 0.0785. The van der Waals surface area contributed by atoms with Gasteiger partial charge in [-0.05, 0) is 6.07 Å². The number of nitro groups is 1. The molecule has 0 saturated carbocycles. The van der Waals surface area contributed by atoms with Crippen LogP contribution in [-0.2, 0) is 22.2 Å².